The molecule has 0 fully saturated rings. The molecule has 0 unspecified atom stereocenters. The Morgan fingerprint density at radius 1 is 1.53 bits per heavy atom. The van der Waals surface area contributed by atoms with Gasteiger partial charge in [-0.2, -0.15) is 5.10 Å². The van der Waals surface area contributed by atoms with Gasteiger partial charge in [0.25, 0.3) is 10.0 Å². The van der Waals surface area contributed by atoms with E-state index in [1.807, 2.05) is 19.0 Å². The van der Waals surface area contributed by atoms with Crippen LogP contribution in [0.4, 0.5) is 0 Å². The van der Waals surface area contributed by atoms with Gasteiger partial charge in [-0.15, -0.1) is 0 Å². The van der Waals surface area contributed by atoms with Crippen LogP contribution in [-0.4, -0.2) is 43.7 Å². The minimum Gasteiger partial charge on any atom is -0.309 e. The minimum absolute atomic E-state index is 0.0706. The van der Waals surface area contributed by atoms with Crippen molar-refractivity contribution in [3.05, 3.63) is 11.8 Å². The number of nitrogens with zero attached hydrogens (tertiary/aromatic N) is 3. The maximum atomic E-state index is 11.0. The Morgan fingerprint density at radius 2 is 2.13 bits per heavy atom. The molecule has 0 saturated carbocycles. The molecule has 1 rings (SSSR count). The first-order chi connectivity index (χ1) is 6.80. The molecule has 0 aliphatic rings. The van der Waals surface area contributed by atoms with E-state index in [0.29, 0.717) is 0 Å². The molecule has 1 aromatic heterocycles. The maximum Gasteiger partial charge on any atom is 0.257 e. The summed E-state index contributed by atoms with van der Waals surface area (Å²) >= 11 is 0. The van der Waals surface area contributed by atoms with Crippen LogP contribution >= 0.6 is 0 Å². The molecule has 0 amide bonds. The van der Waals surface area contributed by atoms with Gasteiger partial charge >= 0.3 is 0 Å². The Bertz CT molecular complexity index is 435. The highest BCUT2D eigenvalue weighted by Gasteiger charge is 2.14. The zero-order valence-corrected chi connectivity index (χ0v) is 9.95. The van der Waals surface area contributed by atoms with Crippen molar-refractivity contribution < 1.29 is 8.42 Å². The fourth-order valence-corrected chi connectivity index (χ4v) is 1.72. The highest BCUT2D eigenvalue weighted by Crippen LogP contribution is 2.08. The van der Waals surface area contributed by atoms with Crippen LogP contribution < -0.4 is 5.14 Å². The van der Waals surface area contributed by atoms with Gasteiger partial charge < -0.3 is 4.90 Å². The molecular weight excluding hydrogens is 216 g/mol. The van der Waals surface area contributed by atoms with Crippen molar-refractivity contribution in [2.45, 2.75) is 11.4 Å². The number of hydrogen-bond donors (Lipinski definition) is 1. The van der Waals surface area contributed by atoms with E-state index in [0.717, 1.165) is 18.7 Å². The maximum absolute atomic E-state index is 11.0. The summed E-state index contributed by atoms with van der Waals surface area (Å²) in [5, 5.41) is 8.76. The molecule has 0 atom stereocenters. The lowest BCUT2D eigenvalue weighted by Gasteiger charge is -2.08. The van der Waals surface area contributed by atoms with Crippen LogP contribution in [0.3, 0.4) is 0 Å². The van der Waals surface area contributed by atoms with Crippen molar-refractivity contribution >= 4 is 10.0 Å². The molecule has 1 heterocycles. The van der Waals surface area contributed by atoms with Crippen molar-refractivity contribution in [1.82, 2.24) is 14.7 Å². The third-order valence-electron chi connectivity index (χ3n) is 2.06. The van der Waals surface area contributed by atoms with E-state index in [-0.39, 0.29) is 5.03 Å². The van der Waals surface area contributed by atoms with Gasteiger partial charge in [0.2, 0.25) is 0 Å². The fraction of sp³-hybridized carbons (Fsp3) is 0.625. The average molecular weight is 232 g/mol. The van der Waals surface area contributed by atoms with Crippen molar-refractivity contribution in [2.24, 2.45) is 12.2 Å². The monoisotopic (exact) mass is 232 g/mol. The van der Waals surface area contributed by atoms with Crippen molar-refractivity contribution in [3.63, 3.8) is 0 Å². The average Bonchev–Trinajstić information content (AvgIpc) is 2.42. The largest absolute Gasteiger partial charge is 0.309 e. The summed E-state index contributed by atoms with van der Waals surface area (Å²) in [5.74, 6) is 0. The fourth-order valence-electron chi connectivity index (χ4n) is 1.19. The number of primary sulfonamides is 1. The second kappa shape index (κ2) is 4.30. The Hall–Kier alpha value is -0.920. The van der Waals surface area contributed by atoms with Gasteiger partial charge in [-0.25, -0.2) is 13.6 Å². The first-order valence-corrected chi connectivity index (χ1v) is 6.06. The van der Waals surface area contributed by atoms with Gasteiger partial charge in [-0.3, -0.25) is 4.68 Å². The molecule has 0 radical (unpaired) electrons. The Morgan fingerprint density at radius 3 is 2.53 bits per heavy atom. The van der Waals surface area contributed by atoms with E-state index in [4.69, 9.17) is 5.14 Å². The van der Waals surface area contributed by atoms with Gasteiger partial charge in [0.05, 0.1) is 0 Å². The molecule has 1 aromatic rings. The molecule has 0 bridgehead atoms. The Labute approximate surface area is 89.7 Å². The van der Waals surface area contributed by atoms with Gasteiger partial charge in [0.1, 0.15) is 0 Å². The molecular formula is C8H16N4O2S. The van der Waals surface area contributed by atoms with Crippen LogP contribution in [0.1, 0.15) is 5.69 Å². The van der Waals surface area contributed by atoms with E-state index in [1.54, 1.807) is 11.7 Å². The molecule has 86 valence electrons. The van der Waals surface area contributed by atoms with Gasteiger partial charge in [0, 0.05) is 25.7 Å². The molecule has 0 saturated heterocycles. The smallest absolute Gasteiger partial charge is 0.257 e. The van der Waals surface area contributed by atoms with Crippen LogP contribution in [0.15, 0.2) is 11.1 Å². The third-order valence-corrected chi connectivity index (χ3v) is 2.84. The summed E-state index contributed by atoms with van der Waals surface area (Å²) in [5.41, 5.74) is 0.854. The zero-order chi connectivity index (χ0) is 11.6. The normalized spacial score (nSPS) is 12.3. The van der Waals surface area contributed by atoms with Crippen LogP contribution in [-0.2, 0) is 23.5 Å². The SMILES string of the molecule is CN(C)CCc1cc(S(N)(=O)=O)nn1C. The summed E-state index contributed by atoms with van der Waals surface area (Å²) in [4.78, 5) is 2.02. The van der Waals surface area contributed by atoms with E-state index < -0.39 is 10.0 Å². The summed E-state index contributed by atoms with van der Waals surface area (Å²) < 4.78 is 23.6. The molecule has 0 aliphatic carbocycles. The quantitative estimate of drug-likeness (QED) is 0.735. The molecule has 0 spiro atoms. The van der Waals surface area contributed by atoms with E-state index in [2.05, 4.69) is 5.10 Å². The summed E-state index contributed by atoms with van der Waals surface area (Å²) in [6, 6.07) is 1.51. The Balaban J connectivity index is 2.88. The predicted octanol–water partition coefficient (Wildman–Crippen LogP) is -0.828. The Kier molecular flexibility index (Phi) is 3.48. The minimum atomic E-state index is -3.69. The van der Waals surface area contributed by atoms with E-state index in [1.165, 1.54) is 6.07 Å². The number of nitrogens with two attached hydrogens (primary N) is 1. The summed E-state index contributed by atoms with van der Waals surface area (Å²) in [6.07, 6.45) is 0.742. The number of likely N-dealkylation sites (N-methyl/N-ethyl adjacent to an activating group) is 1. The van der Waals surface area contributed by atoms with Crippen LogP contribution in [0.5, 0.6) is 0 Å². The van der Waals surface area contributed by atoms with Gasteiger partial charge in [0.15, 0.2) is 5.03 Å². The molecule has 7 heteroatoms. The van der Waals surface area contributed by atoms with Crippen LogP contribution in [0, 0.1) is 0 Å². The van der Waals surface area contributed by atoms with Crippen LogP contribution in [0.25, 0.3) is 0 Å². The lowest BCUT2D eigenvalue weighted by Crippen LogP contribution is -2.16. The number of aromatic nitrogens is 2. The predicted molar refractivity (Wildman–Crippen MR) is 56.8 cm³/mol. The van der Waals surface area contributed by atoms with Crippen molar-refractivity contribution in [2.75, 3.05) is 20.6 Å². The molecule has 0 aliphatic heterocycles. The number of sulfonamides is 1. The van der Waals surface area contributed by atoms with Crippen molar-refractivity contribution in [3.8, 4) is 0 Å². The standard InChI is InChI=1S/C8H16N4O2S/c1-11(2)5-4-7-6-8(10-12(7)3)15(9,13)14/h6H,4-5H2,1-3H3,(H2,9,13,14). The van der Waals surface area contributed by atoms with Gasteiger partial charge in [-0.05, 0) is 20.2 Å². The highest BCUT2D eigenvalue weighted by atomic mass is 32.2. The van der Waals surface area contributed by atoms with Crippen molar-refractivity contribution in [1.29, 1.82) is 0 Å². The first-order valence-electron chi connectivity index (χ1n) is 4.51. The van der Waals surface area contributed by atoms with Gasteiger partial charge in [-0.1, -0.05) is 0 Å². The highest BCUT2D eigenvalue weighted by molar-refractivity contribution is 7.89. The number of aryl methyl sites for hydroxylation is 1. The number of hydrogen-bond acceptors (Lipinski definition) is 4. The zero-order valence-electron chi connectivity index (χ0n) is 9.14. The summed E-state index contributed by atoms with van der Waals surface area (Å²) in [6.45, 7) is 0.837. The molecule has 6 nitrogen and oxygen atoms in total. The van der Waals surface area contributed by atoms with Crippen LogP contribution in [0.2, 0.25) is 0 Å². The third kappa shape index (κ3) is 3.29. The summed E-state index contributed by atoms with van der Waals surface area (Å²) in [7, 11) is 1.93. The molecule has 0 aromatic carbocycles. The molecule has 15 heavy (non-hydrogen) atoms. The lowest BCUT2D eigenvalue weighted by molar-refractivity contribution is 0.408. The second-order valence-corrected chi connectivity index (χ2v) is 5.20. The van der Waals surface area contributed by atoms with E-state index in [9.17, 15) is 8.42 Å². The lowest BCUT2D eigenvalue weighted by atomic mass is 10.3. The number of rotatable bonds is 4. The molecule has 2 N–H and O–H groups in total. The first kappa shape index (κ1) is 12.2. The second-order valence-electron chi connectivity index (χ2n) is 3.70. The van der Waals surface area contributed by atoms with E-state index >= 15 is 0 Å². The topological polar surface area (TPSA) is 81.2 Å².